The van der Waals surface area contributed by atoms with Crippen molar-refractivity contribution in [1.82, 2.24) is 0 Å². The van der Waals surface area contributed by atoms with E-state index in [-0.39, 0.29) is 5.48 Å². The van der Waals surface area contributed by atoms with Crippen LogP contribution in [0, 0.1) is 10.1 Å². The zero-order chi connectivity index (χ0) is 3.58. The van der Waals surface area contributed by atoms with Crippen molar-refractivity contribution >= 4 is 0 Å². The van der Waals surface area contributed by atoms with Crippen molar-refractivity contribution in [3.05, 3.63) is 10.1 Å². The molecule has 0 saturated carbocycles. The quantitative estimate of drug-likeness (QED) is 0.314. The average Bonchev–Trinajstić information content (AvgIpc) is 0.811. The maximum absolute atomic E-state index is 8.36. The van der Waals surface area contributed by atoms with E-state index in [1.54, 1.807) is 0 Å². The molecule has 0 amide bonds. The van der Waals surface area contributed by atoms with Gasteiger partial charge < -0.3 is 10.7 Å². The molecule has 0 fully saturated rings. The molecule has 0 aromatic heterocycles. The van der Waals surface area contributed by atoms with Crippen molar-refractivity contribution in [2.24, 2.45) is 0 Å². The first-order chi connectivity index (χ1) is 1.73. The lowest BCUT2D eigenvalue weighted by Gasteiger charge is -2.00. The fourth-order valence-electron chi connectivity index (χ4n) is 0. The van der Waals surface area contributed by atoms with Gasteiger partial charge in [0.25, 0.3) is 5.09 Å². The molecule has 0 aliphatic heterocycles. The van der Waals surface area contributed by atoms with E-state index in [1.807, 2.05) is 0 Å². The highest BCUT2D eigenvalue weighted by Crippen LogP contribution is 1.38. The third-order valence-electron chi connectivity index (χ3n) is 0. The molecule has 1 N–H and O–H groups in total. The Morgan fingerprint density at radius 3 is 1.80 bits per heavy atom. The Hall–Kier alpha value is -0.840. The van der Waals surface area contributed by atoms with Crippen LogP contribution < -0.4 is 0 Å². The lowest BCUT2D eigenvalue weighted by molar-refractivity contribution is -0.742. The smallest absolute Gasteiger partial charge is 0.291 e. The maximum Gasteiger partial charge on any atom is 0.291 e. The SMILES string of the molecule is O=[N+]([O-])O.[O-2]. The molecule has 5 nitrogen and oxygen atoms in total. The molecule has 0 saturated heterocycles. The first kappa shape index (κ1) is 8.90. The van der Waals surface area contributed by atoms with Crippen LogP contribution in [0.1, 0.15) is 0 Å². The molecule has 0 unspecified atom stereocenters. The van der Waals surface area contributed by atoms with Crippen LogP contribution in [0.25, 0.3) is 0 Å². The molecule has 0 radical (unpaired) electrons. The van der Waals surface area contributed by atoms with Crippen LogP contribution in [-0.2, 0) is 5.48 Å². The Kier molecular flexibility index (Phi) is 5.63. The summed E-state index contributed by atoms with van der Waals surface area (Å²) in [5.74, 6) is 0. The summed E-state index contributed by atoms with van der Waals surface area (Å²) in [4.78, 5) is 8.36. The van der Waals surface area contributed by atoms with E-state index in [1.165, 1.54) is 0 Å². The minimum atomic E-state index is -1.50. The first-order valence-electron chi connectivity index (χ1n) is 0.565. The van der Waals surface area contributed by atoms with Crippen LogP contribution in [0.4, 0.5) is 0 Å². The number of hydrogen-bond donors (Lipinski definition) is 1. The summed E-state index contributed by atoms with van der Waals surface area (Å²) >= 11 is 0. The Morgan fingerprint density at radius 2 is 1.80 bits per heavy atom. The van der Waals surface area contributed by atoms with Crippen molar-refractivity contribution in [2.75, 3.05) is 0 Å². The summed E-state index contributed by atoms with van der Waals surface area (Å²) in [6.07, 6.45) is 0. The van der Waals surface area contributed by atoms with Crippen LogP contribution in [-0.4, -0.2) is 10.3 Å². The summed E-state index contributed by atoms with van der Waals surface area (Å²) in [6.45, 7) is 0. The Labute approximate surface area is 27.3 Å². The Bertz CT molecular complexity index is 26.6. The van der Waals surface area contributed by atoms with Gasteiger partial charge >= 0.3 is 0 Å². The first-order valence-corrected chi connectivity index (χ1v) is 0.565. The molecular formula is HNO4-2. The van der Waals surface area contributed by atoms with E-state index in [4.69, 9.17) is 15.3 Å². The van der Waals surface area contributed by atoms with Crippen LogP contribution in [0.3, 0.4) is 0 Å². The van der Waals surface area contributed by atoms with Gasteiger partial charge in [0.2, 0.25) is 0 Å². The highest BCUT2D eigenvalue weighted by atomic mass is 16.9. The molecule has 5 heteroatoms. The minimum absolute atomic E-state index is 0. The van der Waals surface area contributed by atoms with Crippen LogP contribution >= 0.6 is 0 Å². The van der Waals surface area contributed by atoms with Crippen LogP contribution in [0.2, 0.25) is 0 Å². The number of nitrogens with zero attached hydrogens (tertiary/aromatic N) is 1. The van der Waals surface area contributed by atoms with Gasteiger partial charge in [0, 0.05) is 0 Å². The third-order valence-corrected chi connectivity index (χ3v) is 0. The molecule has 32 valence electrons. The highest BCUT2D eigenvalue weighted by Gasteiger charge is 1.65. The van der Waals surface area contributed by atoms with E-state index >= 15 is 0 Å². The predicted octanol–water partition coefficient (Wildman–Crippen LogP) is -0.467. The molecule has 0 bridgehead atoms. The van der Waals surface area contributed by atoms with Crippen molar-refractivity contribution < 1.29 is 15.8 Å². The van der Waals surface area contributed by atoms with Crippen molar-refractivity contribution in [2.45, 2.75) is 0 Å². The van der Waals surface area contributed by atoms with Gasteiger partial charge in [-0.05, 0) is 0 Å². The van der Waals surface area contributed by atoms with Crippen LogP contribution in [0.15, 0.2) is 0 Å². The summed E-state index contributed by atoms with van der Waals surface area (Å²) in [5, 5.41) is 13.6. The van der Waals surface area contributed by atoms with Gasteiger partial charge in [0.1, 0.15) is 0 Å². The molecule has 5 heavy (non-hydrogen) atoms. The van der Waals surface area contributed by atoms with Crippen molar-refractivity contribution in [3.8, 4) is 0 Å². The van der Waals surface area contributed by atoms with Gasteiger partial charge in [-0.15, -0.1) is 10.1 Å². The average molecular weight is 79.0 g/mol. The molecular weight excluding hydrogens is 78.0 g/mol. The summed E-state index contributed by atoms with van der Waals surface area (Å²) in [7, 11) is 0. The lowest BCUT2D eigenvalue weighted by Crippen LogP contribution is -1.81. The van der Waals surface area contributed by atoms with Gasteiger partial charge in [-0.25, -0.2) is 0 Å². The minimum Gasteiger partial charge on any atom is -2.00 e. The standard InChI is InChI=1S/HNO3.O/c2-1(3)4;/h(H,2,3,4);/q;-2. The van der Waals surface area contributed by atoms with Crippen LogP contribution in [0.5, 0.6) is 0 Å². The molecule has 0 aromatic rings. The van der Waals surface area contributed by atoms with E-state index in [0.29, 0.717) is 0 Å². The van der Waals surface area contributed by atoms with Gasteiger partial charge in [-0.2, -0.15) is 0 Å². The second kappa shape index (κ2) is 3.16. The number of hydrogen-bond acceptors (Lipinski definition) is 2. The fraction of sp³-hybridized carbons (Fsp3) is 0. The van der Waals surface area contributed by atoms with Gasteiger partial charge in [0.15, 0.2) is 0 Å². The largest absolute Gasteiger partial charge is 2.00 e. The summed E-state index contributed by atoms with van der Waals surface area (Å²) in [6, 6.07) is 0. The molecule has 0 heterocycles. The number of rotatable bonds is 0. The molecule has 0 rings (SSSR count). The van der Waals surface area contributed by atoms with E-state index < -0.39 is 5.09 Å². The van der Waals surface area contributed by atoms with Gasteiger partial charge in [-0.1, -0.05) is 0 Å². The molecule has 0 aliphatic carbocycles. The molecule has 0 aliphatic rings. The van der Waals surface area contributed by atoms with E-state index in [9.17, 15) is 0 Å². The summed E-state index contributed by atoms with van der Waals surface area (Å²) < 4.78 is 0. The maximum atomic E-state index is 8.36. The summed E-state index contributed by atoms with van der Waals surface area (Å²) in [5.41, 5.74) is 0. The molecule has 0 aromatic carbocycles. The fourth-order valence-corrected chi connectivity index (χ4v) is 0. The zero-order valence-corrected chi connectivity index (χ0v) is 2.12. The second-order valence-electron chi connectivity index (χ2n) is 0.238. The van der Waals surface area contributed by atoms with E-state index in [0.717, 1.165) is 0 Å². The van der Waals surface area contributed by atoms with Crippen molar-refractivity contribution in [1.29, 1.82) is 0 Å². The van der Waals surface area contributed by atoms with Crippen molar-refractivity contribution in [3.63, 3.8) is 0 Å². The molecule has 0 atom stereocenters. The van der Waals surface area contributed by atoms with Gasteiger partial charge in [-0.3, -0.25) is 0 Å². The monoisotopic (exact) mass is 79.0 g/mol. The third kappa shape index (κ3) is 6.03. The van der Waals surface area contributed by atoms with E-state index in [2.05, 4.69) is 0 Å². The normalized spacial score (nSPS) is 4.80. The Morgan fingerprint density at radius 1 is 1.80 bits per heavy atom. The van der Waals surface area contributed by atoms with Gasteiger partial charge in [0.05, 0.1) is 0 Å². The topological polar surface area (TPSA) is 91.9 Å². The zero-order valence-electron chi connectivity index (χ0n) is 2.12. The highest BCUT2D eigenvalue weighted by molar-refractivity contribution is 3.83. The second-order valence-corrected chi connectivity index (χ2v) is 0.238. The Balaban J connectivity index is 0. The predicted molar refractivity (Wildman–Crippen MR) is 9.47 cm³/mol. The molecule has 0 spiro atoms. The lowest BCUT2D eigenvalue weighted by atomic mass is 13.1.